The van der Waals surface area contributed by atoms with E-state index in [2.05, 4.69) is 5.16 Å². The van der Waals surface area contributed by atoms with Gasteiger partial charge in [-0.1, -0.05) is 35.5 Å². The molecule has 4 nitrogen and oxygen atoms in total. The van der Waals surface area contributed by atoms with E-state index in [4.69, 9.17) is 15.0 Å². The third-order valence-electron chi connectivity index (χ3n) is 3.20. The number of nitrogens with zero attached hydrogens (tertiary/aromatic N) is 1. The Morgan fingerprint density at radius 1 is 1.14 bits per heavy atom. The molecule has 0 unspecified atom stereocenters. The summed E-state index contributed by atoms with van der Waals surface area (Å²) in [5.41, 5.74) is 7.56. The van der Waals surface area contributed by atoms with Crippen molar-refractivity contribution in [2.75, 3.05) is 12.8 Å². The molecule has 1 heterocycles. The van der Waals surface area contributed by atoms with E-state index in [0.717, 1.165) is 5.56 Å². The fraction of sp³-hybridized carbons (Fsp3) is 0.0625. The predicted molar refractivity (Wildman–Crippen MR) is 78.3 cm³/mol. The molecule has 0 aliphatic carbocycles. The van der Waals surface area contributed by atoms with Crippen LogP contribution < -0.4 is 10.5 Å². The Labute approximate surface area is 120 Å². The van der Waals surface area contributed by atoms with Crippen molar-refractivity contribution >= 4 is 5.82 Å². The van der Waals surface area contributed by atoms with E-state index < -0.39 is 5.82 Å². The van der Waals surface area contributed by atoms with Gasteiger partial charge in [0.2, 0.25) is 0 Å². The summed E-state index contributed by atoms with van der Waals surface area (Å²) in [7, 11) is 1.48. The quantitative estimate of drug-likeness (QED) is 0.796. The van der Waals surface area contributed by atoms with Gasteiger partial charge in [0.15, 0.2) is 11.6 Å². The maximum atomic E-state index is 14.2. The van der Waals surface area contributed by atoms with Crippen molar-refractivity contribution < 1.29 is 13.7 Å². The molecule has 0 saturated carbocycles. The molecule has 2 aromatic carbocycles. The fourth-order valence-corrected chi connectivity index (χ4v) is 2.18. The molecule has 5 heteroatoms. The molecule has 3 aromatic rings. The monoisotopic (exact) mass is 284 g/mol. The highest BCUT2D eigenvalue weighted by Gasteiger charge is 2.20. The lowest BCUT2D eigenvalue weighted by Crippen LogP contribution is -1.91. The van der Waals surface area contributed by atoms with Crippen LogP contribution in [0.5, 0.6) is 5.75 Å². The summed E-state index contributed by atoms with van der Waals surface area (Å²) in [4.78, 5) is 0. The van der Waals surface area contributed by atoms with E-state index in [-0.39, 0.29) is 5.82 Å². The van der Waals surface area contributed by atoms with E-state index >= 15 is 0 Å². The Kier molecular flexibility index (Phi) is 3.31. The van der Waals surface area contributed by atoms with Gasteiger partial charge < -0.3 is 15.0 Å². The second-order valence-corrected chi connectivity index (χ2v) is 4.48. The average Bonchev–Trinajstić information content (AvgIpc) is 2.89. The van der Waals surface area contributed by atoms with Crippen molar-refractivity contribution in [3.8, 4) is 28.2 Å². The number of benzene rings is 2. The first-order chi connectivity index (χ1) is 10.2. The molecule has 0 aliphatic rings. The molecular weight excluding hydrogens is 271 g/mol. The van der Waals surface area contributed by atoms with Crippen molar-refractivity contribution in [3.05, 3.63) is 54.3 Å². The lowest BCUT2D eigenvalue weighted by Gasteiger charge is -2.05. The van der Waals surface area contributed by atoms with Gasteiger partial charge >= 0.3 is 0 Å². The van der Waals surface area contributed by atoms with Gasteiger partial charge in [0, 0.05) is 6.07 Å². The SMILES string of the molecule is COc1ccc(-c2onc(N)c2-c2ccccc2)c(F)c1. The summed E-state index contributed by atoms with van der Waals surface area (Å²) in [6.07, 6.45) is 0. The molecule has 106 valence electrons. The zero-order valence-electron chi connectivity index (χ0n) is 11.3. The minimum absolute atomic E-state index is 0.228. The van der Waals surface area contributed by atoms with Crippen LogP contribution >= 0.6 is 0 Å². The van der Waals surface area contributed by atoms with Crippen LogP contribution in [0.25, 0.3) is 22.5 Å². The van der Waals surface area contributed by atoms with Crippen LogP contribution in [0, 0.1) is 5.82 Å². The van der Waals surface area contributed by atoms with Gasteiger partial charge in [0.05, 0.1) is 18.2 Å². The second kappa shape index (κ2) is 5.28. The lowest BCUT2D eigenvalue weighted by molar-refractivity contribution is 0.410. The van der Waals surface area contributed by atoms with Gasteiger partial charge in [-0.15, -0.1) is 0 Å². The van der Waals surface area contributed by atoms with E-state index in [9.17, 15) is 4.39 Å². The first-order valence-corrected chi connectivity index (χ1v) is 6.35. The lowest BCUT2D eigenvalue weighted by atomic mass is 10.0. The van der Waals surface area contributed by atoms with Gasteiger partial charge in [-0.05, 0) is 17.7 Å². The summed E-state index contributed by atoms with van der Waals surface area (Å²) < 4.78 is 24.4. The normalized spacial score (nSPS) is 10.6. The van der Waals surface area contributed by atoms with Crippen molar-refractivity contribution in [2.45, 2.75) is 0 Å². The largest absolute Gasteiger partial charge is 0.497 e. The molecule has 21 heavy (non-hydrogen) atoms. The maximum absolute atomic E-state index is 14.2. The van der Waals surface area contributed by atoms with Crippen LogP contribution in [-0.4, -0.2) is 12.3 Å². The van der Waals surface area contributed by atoms with Crippen LogP contribution in [-0.2, 0) is 0 Å². The van der Waals surface area contributed by atoms with Crippen LogP contribution in [0.2, 0.25) is 0 Å². The Morgan fingerprint density at radius 3 is 2.57 bits per heavy atom. The van der Waals surface area contributed by atoms with Crippen molar-refractivity contribution in [1.82, 2.24) is 5.16 Å². The van der Waals surface area contributed by atoms with Gasteiger partial charge in [-0.2, -0.15) is 0 Å². The number of methoxy groups -OCH3 is 1. The van der Waals surface area contributed by atoms with Crippen LogP contribution in [0.15, 0.2) is 53.1 Å². The fourth-order valence-electron chi connectivity index (χ4n) is 2.18. The smallest absolute Gasteiger partial charge is 0.179 e. The van der Waals surface area contributed by atoms with Crippen molar-refractivity contribution in [1.29, 1.82) is 0 Å². The third kappa shape index (κ3) is 2.33. The summed E-state index contributed by atoms with van der Waals surface area (Å²) in [6.45, 7) is 0. The molecule has 2 N–H and O–H groups in total. The van der Waals surface area contributed by atoms with E-state index in [1.54, 1.807) is 12.1 Å². The number of anilines is 1. The Morgan fingerprint density at radius 2 is 1.90 bits per heavy atom. The van der Waals surface area contributed by atoms with Gasteiger partial charge in [0.1, 0.15) is 11.6 Å². The number of nitrogen functional groups attached to an aromatic ring is 1. The molecule has 0 radical (unpaired) electrons. The molecule has 0 aliphatic heterocycles. The van der Waals surface area contributed by atoms with E-state index in [1.165, 1.54) is 13.2 Å². The minimum atomic E-state index is -0.456. The topological polar surface area (TPSA) is 61.3 Å². The van der Waals surface area contributed by atoms with Crippen LogP contribution in [0.3, 0.4) is 0 Å². The number of aromatic nitrogens is 1. The third-order valence-corrected chi connectivity index (χ3v) is 3.20. The number of hydrogen-bond donors (Lipinski definition) is 1. The molecule has 0 fully saturated rings. The van der Waals surface area contributed by atoms with E-state index in [0.29, 0.717) is 22.6 Å². The first kappa shape index (κ1) is 13.2. The number of nitrogens with two attached hydrogens (primary N) is 1. The zero-order valence-corrected chi connectivity index (χ0v) is 11.3. The molecule has 0 bridgehead atoms. The van der Waals surface area contributed by atoms with E-state index in [1.807, 2.05) is 30.3 Å². The molecule has 1 aromatic heterocycles. The highest BCUT2D eigenvalue weighted by atomic mass is 19.1. The van der Waals surface area contributed by atoms with Gasteiger partial charge in [-0.3, -0.25) is 0 Å². The second-order valence-electron chi connectivity index (χ2n) is 4.48. The molecule has 0 atom stereocenters. The minimum Gasteiger partial charge on any atom is -0.497 e. The van der Waals surface area contributed by atoms with Crippen LogP contribution in [0.4, 0.5) is 10.2 Å². The Hall–Kier alpha value is -2.82. The predicted octanol–water partition coefficient (Wildman–Crippen LogP) is 3.74. The molecular formula is C16H13FN2O2. The molecule has 0 saturated heterocycles. The van der Waals surface area contributed by atoms with Crippen molar-refractivity contribution in [3.63, 3.8) is 0 Å². The summed E-state index contributed by atoms with van der Waals surface area (Å²) in [6, 6.07) is 13.9. The van der Waals surface area contributed by atoms with Crippen molar-refractivity contribution in [2.24, 2.45) is 0 Å². The first-order valence-electron chi connectivity index (χ1n) is 6.35. The number of rotatable bonds is 3. The molecule has 3 rings (SSSR count). The number of ether oxygens (including phenoxy) is 1. The highest BCUT2D eigenvalue weighted by Crippen LogP contribution is 2.38. The maximum Gasteiger partial charge on any atom is 0.179 e. The standard InChI is InChI=1S/C16H13FN2O2/c1-20-11-7-8-12(13(17)9-11)15-14(16(18)19-21-15)10-5-3-2-4-6-10/h2-9H,1H3,(H2,18,19). The Balaban J connectivity index is 2.17. The summed E-state index contributed by atoms with van der Waals surface area (Å²) in [5, 5.41) is 3.76. The Bertz CT molecular complexity index is 769. The zero-order chi connectivity index (χ0) is 14.8. The number of hydrogen-bond acceptors (Lipinski definition) is 4. The molecule has 0 amide bonds. The molecule has 0 spiro atoms. The average molecular weight is 284 g/mol. The summed E-state index contributed by atoms with van der Waals surface area (Å²) in [5.74, 6) is 0.512. The summed E-state index contributed by atoms with van der Waals surface area (Å²) >= 11 is 0. The van der Waals surface area contributed by atoms with Gasteiger partial charge in [0.25, 0.3) is 0 Å². The number of halogens is 1. The highest BCUT2D eigenvalue weighted by molar-refractivity contribution is 5.86. The van der Waals surface area contributed by atoms with Crippen LogP contribution in [0.1, 0.15) is 0 Å². The van der Waals surface area contributed by atoms with Gasteiger partial charge in [-0.25, -0.2) is 4.39 Å².